The number of ether oxygens (including phenoxy) is 1. The van der Waals surface area contributed by atoms with Gasteiger partial charge in [0.05, 0.1) is 5.56 Å². The second-order valence-electron chi connectivity index (χ2n) is 7.05. The molecule has 1 amide bonds. The SMILES string of the molecule is C=CC(=O)NCC1CNc2c(C=O)c(-c3ccc(Oc4ccccc4)cc3)nn2C1. The van der Waals surface area contributed by atoms with E-state index in [0.29, 0.717) is 42.5 Å². The molecule has 1 atom stereocenters. The van der Waals surface area contributed by atoms with E-state index in [2.05, 4.69) is 22.3 Å². The van der Waals surface area contributed by atoms with Gasteiger partial charge in [-0.15, -0.1) is 0 Å². The molecule has 1 unspecified atom stereocenters. The van der Waals surface area contributed by atoms with Crippen LogP contribution in [0.4, 0.5) is 5.82 Å². The second-order valence-corrected chi connectivity index (χ2v) is 7.05. The molecule has 152 valence electrons. The van der Waals surface area contributed by atoms with Gasteiger partial charge in [-0.3, -0.25) is 9.59 Å². The van der Waals surface area contributed by atoms with Crippen molar-refractivity contribution in [2.24, 2.45) is 5.92 Å². The first-order valence-corrected chi connectivity index (χ1v) is 9.71. The van der Waals surface area contributed by atoms with Crippen molar-refractivity contribution in [3.8, 4) is 22.8 Å². The second kappa shape index (κ2) is 8.65. The van der Waals surface area contributed by atoms with Gasteiger partial charge in [0, 0.05) is 31.1 Å². The summed E-state index contributed by atoms with van der Waals surface area (Å²) in [6.07, 6.45) is 2.08. The Kier molecular flexibility index (Phi) is 5.61. The first-order valence-electron chi connectivity index (χ1n) is 9.71. The van der Waals surface area contributed by atoms with Crippen LogP contribution in [0.25, 0.3) is 11.3 Å². The number of carbonyl (C=O) groups excluding carboxylic acids is 2. The molecule has 2 N–H and O–H groups in total. The van der Waals surface area contributed by atoms with E-state index in [4.69, 9.17) is 4.74 Å². The van der Waals surface area contributed by atoms with Crippen molar-refractivity contribution in [1.29, 1.82) is 0 Å². The molecule has 7 nitrogen and oxygen atoms in total. The average Bonchev–Trinajstić information content (AvgIpc) is 3.16. The van der Waals surface area contributed by atoms with Crippen molar-refractivity contribution in [3.63, 3.8) is 0 Å². The predicted molar refractivity (Wildman–Crippen MR) is 115 cm³/mol. The summed E-state index contributed by atoms with van der Waals surface area (Å²) in [5.41, 5.74) is 1.98. The summed E-state index contributed by atoms with van der Waals surface area (Å²) >= 11 is 0. The van der Waals surface area contributed by atoms with Gasteiger partial charge in [-0.2, -0.15) is 5.10 Å². The Balaban J connectivity index is 1.52. The third kappa shape index (κ3) is 4.10. The van der Waals surface area contributed by atoms with Crippen LogP contribution >= 0.6 is 0 Å². The molecule has 7 heteroatoms. The summed E-state index contributed by atoms with van der Waals surface area (Å²) in [7, 11) is 0. The number of hydrogen-bond donors (Lipinski definition) is 2. The Bertz CT molecular complexity index is 1060. The highest BCUT2D eigenvalue weighted by atomic mass is 16.5. The maximum absolute atomic E-state index is 11.8. The number of fused-ring (bicyclic) bond motifs is 1. The lowest BCUT2D eigenvalue weighted by atomic mass is 10.1. The van der Waals surface area contributed by atoms with Gasteiger partial charge < -0.3 is 15.4 Å². The lowest BCUT2D eigenvalue weighted by Gasteiger charge is -2.25. The Morgan fingerprint density at radius 1 is 1.20 bits per heavy atom. The van der Waals surface area contributed by atoms with Crippen molar-refractivity contribution in [2.75, 3.05) is 18.4 Å². The number of hydrogen-bond acceptors (Lipinski definition) is 5. The van der Waals surface area contributed by atoms with Crippen LogP contribution in [0.3, 0.4) is 0 Å². The van der Waals surface area contributed by atoms with E-state index in [1.54, 1.807) is 4.68 Å². The minimum atomic E-state index is -0.201. The number of nitrogens with one attached hydrogen (secondary N) is 2. The lowest BCUT2D eigenvalue weighted by Crippen LogP contribution is -2.37. The van der Waals surface area contributed by atoms with Gasteiger partial charge in [-0.1, -0.05) is 24.8 Å². The van der Waals surface area contributed by atoms with Gasteiger partial charge in [-0.25, -0.2) is 4.68 Å². The number of aromatic nitrogens is 2. The van der Waals surface area contributed by atoms with E-state index in [1.165, 1.54) is 6.08 Å². The van der Waals surface area contributed by atoms with Crippen molar-refractivity contribution in [3.05, 3.63) is 72.8 Å². The van der Waals surface area contributed by atoms with Crippen molar-refractivity contribution >= 4 is 18.0 Å². The molecule has 0 saturated heterocycles. The Morgan fingerprint density at radius 2 is 1.93 bits per heavy atom. The van der Waals surface area contributed by atoms with Crippen LogP contribution in [0.2, 0.25) is 0 Å². The Morgan fingerprint density at radius 3 is 2.63 bits per heavy atom. The molecule has 3 aromatic rings. The average molecular weight is 402 g/mol. The largest absolute Gasteiger partial charge is 0.457 e. The van der Waals surface area contributed by atoms with E-state index in [1.807, 2.05) is 54.6 Å². The highest BCUT2D eigenvalue weighted by Gasteiger charge is 2.25. The molecular weight excluding hydrogens is 380 g/mol. The molecule has 30 heavy (non-hydrogen) atoms. The minimum absolute atomic E-state index is 0.162. The third-order valence-electron chi connectivity index (χ3n) is 4.95. The molecule has 0 spiro atoms. The molecule has 0 radical (unpaired) electrons. The number of anilines is 1. The maximum atomic E-state index is 11.8. The lowest BCUT2D eigenvalue weighted by molar-refractivity contribution is -0.116. The first kappa shape index (κ1) is 19.4. The van der Waals surface area contributed by atoms with Gasteiger partial charge in [0.1, 0.15) is 23.0 Å². The number of aldehydes is 1. The fourth-order valence-electron chi connectivity index (χ4n) is 3.43. The van der Waals surface area contributed by atoms with Gasteiger partial charge >= 0.3 is 0 Å². The van der Waals surface area contributed by atoms with E-state index in [9.17, 15) is 9.59 Å². The van der Waals surface area contributed by atoms with Crippen molar-refractivity contribution < 1.29 is 14.3 Å². The standard InChI is InChI=1S/C23H22N4O3/c1-2-21(29)24-12-16-13-25-23-20(15-28)22(26-27(23)14-16)17-8-10-19(11-9-17)30-18-6-4-3-5-7-18/h2-11,15-16,25H,1,12-14H2,(H,24,29). The molecule has 0 saturated carbocycles. The van der Waals surface area contributed by atoms with Gasteiger partial charge in [0.15, 0.2) is 6.29 Å². The van der Waals surface area contributed by atoms with Crippen LogP contribution in [-0.4, -0.2) is 35.1 Å². The topological polar surface area (TPSA) is 85.2 Å². The number of nitrogens with zero attached hydrogens (tertiary/aromatic N) is 2. The molecule has 4 rings (SSSR count). The fourth-order valence-corrected chi connectivity index (χ4v) is 3.43. The zero-order chi connectivity index (χ0) is 20.9. The number of carbonyl (C=O) groups is 2. The fraction of sp³-hybridized carbons (Fsp3) is 0.174. The number of benzene rings is 2. The molecule has 0 fully saturated rings. The first-order chi connectivity index (χ1) is 14.7. The van der Waals surface area contributed by atoms with Crippen molar-refractivity contribution in [2.45, 2.75) is 6.54 Å². The quantitative estimate of drug-likeness (QED) is 0.467. The monoisotopic (exact) mass is 402 g/mol. The molecule has 2 aromatic carbocycles. The zero-order valence-corrected chi connectivity index (χ0v) is 16.4. The van der Waals surface area contributed by atoms with Crippen molar-refractivity contribution in [1.82, 2.24) is 15.1 Å². The molecule has 0 aliphatic carbocycles. The highest BCUT2D eigenvalue weighted by molar-refractivity contribution is 5.92. The van der Waals surface area contributed by atoms with Gasteiger partial charge in [-0.05, 0) is 42.5 Å². The summed E-state index contributed by atoms with van der Waals surface area (Å²) in [5.74, 6) is 2.13. The Hall–Kier alpha value is -3.87. The van der Waals surface area contributed by atoms with E-state index >= 15 is 0 Å². The third-order valence-corrected chi connectivity index (χ3v) is 4.95. The molecule has 2 heterocycles. The smallest absolute Gasteiger partial charge is 0.243 e. The maximum Gasteiger partial charge on any atom is 0.243 e. The number of amides is 1. The molecule has 1 aromatic heterocycles. The summed E-state index contributed by atoms with van der Waals surface area (Å²) in [6, 6.07) is 17.0. The molecular formula is C23H22N4O3. The van der Waals surface area contributed by atoms with Crippen LogP contribution in [-0.2, 0) is 11.3 Å². The summed E-state index contributed by atoms with van der Waals surface area (Å²) in [4.78, 5) is 23.2. The molecule has 0 bridgehead atoms. The van der Waals surface area contributed by atoms with Crippen LogP contribution in [0.1, 0.15) is 10.4 Å². The number of para-hydroxylation sites is 1. The number of rotatable bonds is 7. The van der Waals surface area contributed by atoms with Gasteiger partial charge in [0.2, 0.25) is 5.91 Å². The van der Waals surface area contributed by atoms with Gasteiger partial charge in [0.25, 0.3) is 0 Å². The normalized spacial score (nSPS) is 14.9. The van der Waals surface area contributed by atoms with E-state index in [-0.39, 0.29) is 11.8 Å². The zero-order valence-electron chi connectivity index (χ0n) is 16.4. The highest BCUT2D eigenvalue weighted by Crippen LogP contribution is 2.32. The molecule has 1 aliphatic heterocycles. The van der Waals surface area contributed by atoms with E-state index in [0.717, 1.165) is 17.6 Å². The summed E-state index contributed by atoms with van der Waals surface area (Å²) in [6.45, 7) is 5.22. The van der Waals surface area contributed by atoms with Crippen LogP contribution in [0.15, 0.2) is 67.3 Å². The van der Waals surface area contributed by atoms with Crippen LogP contribution < -0.4 is 15.4 Å². The minimum Gasteiger partial charge on any atom is -0.457 e. The molecule has 1 aliphatic rings. The summed E-state index contributed by atoms with van der Waals surface area (Å²) in [5, 5.41) is 10.7. The van der Waals surface area contributed by atoms with Crippen LogP contribution in [0, 0.1) is 5.92 Å². The predicted octanol–water partition coefficient (Wildman–Crippen LogP) is 3.50. The Labute approximate surface area is 174 Å². The summed E-state index contributed by atoms with van der Waals surface area (Å²) < 4.78 is 7.62. The van der Waals surface area contributed by atoms with E-state index < -0.39 is 0 Å². The van der Waals surface area contributed by atoms with Crippen LogP contribution in [0.5, 0.6) is 11.5 Å².